The lowest BCUT2D eigenvalue weighted by atomic mass is 10.3. The van der Waals surface area contributed by atoms with Crippen LogP contribution in [0.3, 0.4) is 0 Å². The summed E-state index contributed by atoms with van der Waals surface area (Å²) in [6, 6.07) is 3.50. The fourth-order valence-electron chi connectivity index (χ4n) is 1.60. The predicted molar refractivity (Wildman–Crippen MR) is 65.2 cm³/mol. The van der Waals surface area contributed by atoms with Gasteiger partial charge in [-0.15, -0.1) is 0 Å². The molecule has 86 valence electrons. The summed E-state index contributed by atoms with van der Waals surface area (Å²) >= 11 is 11.9. The van der Waals surface area contributed by atoms with Gasteiger partial charge in [0.2, 0.25) is 0 Å². The summed E-state index contributed by atoms with van der Waals surface area (Å²) < 4.78 is 1.68. The highest BCUT2D eigenvalue weighted by Gasteiger charge is 2.07. The Balaban J connectivity index is 2.02. The number of nitrogens with one attached hydrogen (secondary N) is 1. The van der Waals surface area contributed by atoms with E-state index in [2.05, 4.69) is 20.1 Å². The smallest absolute Gasteiger partial charge is 0.137 e. The van der Waals surface area contributed by atoms with E-state index in [-0.39, 0.29) is 0 Å². The van der Waals surface area contributed by atoms with Gasteiger partial charge in [-0.25, -0.2) is 14.6 Å². The molecule has 7 heteroatoms. The van der Waals surface area contributed by atoms with Crippen molar-refractivity contribution < 1.29 is 0 Å². The zero-order valence-corrected chi connectivity index (χ0v) is 10.1. The maximum absolute atomic E-state index is 5.93. The van der Waals surface area contributed by atoms with Gasteiger partial charge < -0.3 is 4.98 Å². The fourth-order valence-corrected chi connectivity index (χ4v) is 1.92. The first kappa shape index (κ1) is 10.6. The first-order valence-electron chi connectivity index (χ1n) is 4.88. The molecule has 0 saturated heterocycles. The molecule has 1 aromatic carbocycles. The molecule has 3 rings (SSSR count). The van der Waals surface area contributed by atoms with Crippen LogP contribution in [0.15, 0.2) is 24.8 Å². The summed E-state index contributed by atoms with van der Waals surface area (Å²) in [6.45, 7) is 0.532. The van der Waals surface area contributed by atoms with E-state index in [1.165, 1.54) is 6.33 Å². The highest BCUT2D eigenvalue weighted by atomic mass is 35.5. The van der Waals surface area contributed by atoms with Crippen LogP contribution >= 0.6 is 23.2 Å². The van der Waals surface area contributed by atoms with Crippen molar-refractivity contribution >= 4 is 34.2 Å². The van der Waals surface area contributed by atoms with Crippen LogP contribution in [-0.4, -0.2) is 24.7 Å². The minimum atomic E-state index is 0.498. The van der Waals surface area contributed by atoms with Gasteiger partial charge in [-0.2, -0.15) is 5.10 Å². The molecule has 0 aliphatic heterocycles. The summed E-state index contributed by atoms with van der Waals surface area (Å²) in [5, 5.41) is 5.02. The minimum absolute atomic E-state index is 0.498. The Kier molecular flexibility index (Phi) is 2.49. The Morgan fingerprint density at radius 2 is 2.06 bits per heavy atom. The molecule has 0 unspecified atom stereocenters. The molecule has 2 aromatic heterocycles. The van der Waals surface area contributed by atoms with Crippen molar-refractivity contribution in [2.24, 2.45) is 0 Å². The highest BCUT2D eigenvalue weighted by molar-refractivity contribution is 6.42. The second-order valence-electron chi connectivity index (χ2n) is 3.56. The quantitative estimate of drug-likeness (QED) is 0.776. The van der Waals surface area contributed by atoms with Gasteiger partial charge in [-0.1, -0.05) is 23.2 Å². The third-order valence-electron chi connectivity index (χ3n) is 2.35. The Hall–Kier alpha value is -1.59. The Morgan fingerprint density at radius 1 is 1.24 bits per heavy atom. The second kappa shape index (κ2) is 4.01. The van der Waals surface area contributed by atoms with Crippen molar-refractivity contribution in [2.75, 3.05) is 0 Å². The van der Waals surface area contributed by atoms with Gasteiger partial charge in [-0.3, -0.25) is 0 Å². The maximum Gasteiger partial charge on any atom is 0.137 e. The standard InChI is InChI=1S/C10H7Cl2N5/c11-6-1-8-9(2-7(6)12)16-10(15-8)3-17-5-13-4-14-17/h1-2,4-5H,3H2,(H,15,16). The number of H-pyrrole nitrogens is 1. The van der Waals surface area contributed by atoms with Gasteiger partial charge in [0.1, 0.15) is 25.0 Å². The first-order chi connectivity index (χ1) is 8.22. The van der Waals surface area contributed by atoms with Crippen LogP contribution in [0.4, 0.5) is 0 Å². The molecular formula is C10H7Cl2N5. The molecule has 5 nitrogen and oxygen atoms in total. The average molecular weight is 268 g/mol. The Bertz CT molecular complexity index is 620. The summed E-state index contributed by atoms with van der Waals surface area (Å²) in [4.78, 5) is 11.4. The number of rotatable bonds is 2. The molecule has 0 atom stereocenters. The number of hydrogen-bond donors (Lipinski definition) is 1. The van der Waals surface area contributed by atoms with E-state index in [4.69, 9.17) is 23.2 Å². The third-order valence-corrected chi connectivity index (χ3v) is 3.07. The zero-order chi connectivity index (χ0) is 11.8. The van der Waals surface area contributed by atoms with Crippen molar-refractivity contribution in [1.82, 2.24) is 24.7 Å². The SMILES string of the molecule is Clc1cc2nc(Cn3cncn3)[nH]c2cc1Cl. The molecule has 0 fully saturated rings. The van der Waals surface area contributed by atoms with Gasteiger partial charge in [0.15, 0.2) is 0 Å². The molecule has 1 N–H and O–H groups in total. The molecule has 0 aliphatic carbocycles. The molecule has 0 amide bonds. The highest BCUT2D eigenvalue weighted by Crippen LogP contribution is 2.26. The van der Waals surface area contributed by atoms with E-state index in [9.17, 15) is 0 Å². The Morgan fingerprint density at radius 3 is 2.82 bits per heavy atom. The topological polar surface area (TPSA) is 59.4 Å². The molecule has 0 saturated carbocycles. The molecule has 17 heavy (non-hydrogen) atoms. The number of benzene rings is 1. The van der Waals surface area contributed by atoms with Gasteiger partial charge in [-0.05, 0) is 12.1 Å². The summed E-state index contributed by atoms with van der Waals surface area (Å²) in [5.74, 6) is 0.781. The van der Waals surface area contributed by atoms with E-state index >= 15 is 0 Å². The molecule has 2 heterocycles. The van der Waals surface area contributed by atoms with Gasteiger partial charge in [0.25, 0.3) is 0 Å². The monoisotopic (exact) mass is 267 g/mol. The van der Waals surface area contributed by atoms with Crippen LogP contribution in [0.1, 0.15) is 5.82 Å². The lowest BCUT2D eigenvalue weighted by molar-refractivity contribution is 0.661. The van der Waals surface area contributed by atoms with Crippen LogP contribution in [0.5, 0.6) is 0 Å². The number of halogens is 2. The summed E-state index contributed by atoms with van der Waals surface area (Å²) in [7, 11) is 0. The lowest BCUT2D eigenvalue weighted by Gasteiger charge is -1.94. The summed E-state index contributed by atoms with van der Waals surface area (Å²) in [5.41, 5.74) is 1.64. The number of fused-ring (bicyclic) bond motifs is 1. The van der Waals surface area contributed by atoms with E-state index in [1.807, 2.05) is 0 Å². The van der Waals surface area contributed by atoms with Gasteiger partial charge in [0, 0.05) is 0 Å². The third kappa shape index (κ3) is 1.99. The van der Waals surface area contributed by atoms with Crippen LogP contribution < -0.4 is 0 Å². The molecule has 0 aliphatic rings. The number of aromatic amines is 1. The van der Waals surface area contributed by atoms with Crippen LogP contribution in [0, 0.1) is 0 Å². The van der Waals surface area contributed by atoms with Gasteiger partial charge in [0.05, 0.1) is 21.1 Å². The second-order valence-corrected chi connectivity index (χ2v) is 4.37. The van der Waals surface area contributed by atoms with Crippen LogP contribution in [-0.2, 0) is 6.54 Å². The van der Waals surface area contributed by atoms with Crippen LogP contribution in [0.25, 0.3) is 11.0 Å². The Labute approximate surface area is 106 Å². The van der Waals surface area contributed by atoms with E-state index < -0.39 is 0 Å². The fraction of sp³-hybridized carbons (Fsp3) is 0.100. The van der Waals surface area contributed by atoms with Crippen LogP contribution in [0.2, 0.25) is 10.0 Å². The number of aromatic nitrogens is 5. The van der Waals surface area contributed by atoms with Crippen molar-refractivity contribution in [1.29, 1.82) is 0 Å². The normalized spacial score (nSPS) is 11.2. The predicted octanol–water partition coefficient (Wildman–Crippen LogP) is 2.51. The average Bonchev–Trinajstić information content (AvgIpc) is 2.89. The van der Waals surface area contributed by atoms with E-state index in [0.717, 1.165) is 16.9 Å². The van der Waals surface area contributed by atoms with E-state index in [1.54, 1.807) is 23.1 Å². The number of nitrogens with zero attached hydrogens (tertiary/aromatic N) is 4. The van der Waals surface area contributed by atoms with Crippen molar-refractivity contribution in [3.05, 3.63) is 40.7 Å². The summed E-state index contributed by atoms with van der Waals surface area (Å²) in [6.07, 6.45) is 3.11. The largest absolute Gasteiger partial charge is 0.340 e. The van der Waals surface area contributed by atoms with Gasteiger partial charge >= 0.3 is 0 Å². The lowest BCUT2D eigenvalue weighted by Crippen LogP contribution is -2.01. The first-order valence-corrected chi connectivity index (χ1v) is 5.64. The van der Waals surface area contributed by atoms with Crippen molar-refractivity contribution in [3.63, 3.8) is 0 Å². The molecule has 3 aromatic rings. The molecular weight excluding hydrogens is 261 g/mol. The number of imidazole rings is 1. The number of hydrogen-bond acceptors (Lipinski definition) is 3. The molecule has 0 radical (unpaired) electrons. The molecule has 0 spiro atoms. The minimum Gasteiger partial charge on any atom is -0.340 e. The van der Waals surface area contributed by atoms with E-state index in [0.29, 0.717) is 16.6 Å². The maximum atomic E-state index is 5.93. The zero-order valence-electron chi connectivity index (χ0n) is 8.56. The van der Waals surface area contributed by atoms with Crippen molar-refractivity contribution in [3.8, 4) is 0 Å². The van der Waals surface area contributed by atoms with Crippen molar-refractivity contribution in [2.45, 2.75) is 6.54 Å². The molecule has 0 bridgehead atoms.